The van der Waals surface area contributed by atoms with Gasteiger partial charge >= 0.3 is 0 Å². The fraction of sp³-hybridized carbons (Fsp3) is 0.909. The Morgan fingerprint density at radius 2 is 1.92 bits per heavy atom. The number of carbonyl (C=O) groups excluding carboxylic acids is 1. The topological polar surface area (TPSA) is 17.1 Å². The molecule has 0 aliphatic rings. The minimum Gasteiger partial charge on any atom is -0.298 e. The van der Waals surface area contributed by atoms with Crippen molar-refractivity contribution in [3.8, 4) is 0 Å². The van der Waals surface area contributed by atoms with Crippen molar-refractivity contribution in [3.05, 3.63) is 0 Å². The lowest BCUT2D eigenvalue weighted by atomic mass is 9.92. The zero-order valence-electron chi connectivity index (χ0n) is 9.52. The van der Waals surface area contributed by atoms with Crippen molar-refractivity contribution >= 4 is 17.5 Å². The summed E-state index contributed by atoms with van der Waals surface area (Å²) in [6, 6.07) is 0. The van der Waals surface area contributed by atoms with Crippen molar-refractivity contribution in [2.45, 2.75) is 41.0 Å². The van der Waals surface area contributed by atoms with Gasteiger partial charge in [0.15, 0.2) is 0 Å². The number of hydrogen-bond acceptors (Lipinski definition) is 2. The van der Waals surface area contributed by atoms with Crippen molar-refractivity contribution < 1.29 is 4.79 Å². The second-order valence-corrected chi connectivity index (χ2v) is 5.73. The van der Waals surface area contributed by atoms with Crippen LogP contribution in [0.2, 0.25) is 0 Å². The van der Waals surface area contributed by atoms with E-state index in [1.54, 1.807) is 11.8 Å². The van der Waals surface area contributed by atoms with E-state index in [1.807, 2.05) is 20.8 Å². The van der Waals surface area contributed by atoms with E-state index in [0.29, 0.717) is 11.5 Å². The standard InChI is InChI=1S/C11H22OS/c1-6-9(2)7-13-8-10(12)11(3,4)5/h9H,6-8H2,1-5H3. The first kappa shape index (κ1) is 13.0. The molecule has 0 radical (unpaired) electrons. The Hall–Kier alpha value is 0.0200. The van der Waals surface area contributed by atoms with E-state index in [4.69, 9.17) is 0 Å². The fourth-order valence-electron chi connectivity index (χ4n) is 0.687. The number of rotatable bonds is 5. The molecule has 0 aliphatic carbocycles. The Bertz CT molecular complexity index is 158. The molecule has 1 nitrogen and oxygen atoms in total. The number of ketones is 1. The van der Waals surface area contributed by atoms with E-state index in [2.05, 4.69) is 13.8 Å². The molecule has 0 aliphatic heterocycles. The van der Waals surface area contributed by atoms with Crippen molar-refractivity contribution in [1.29, 1.82) is 0 Å². The average molecular weight is 202 g/mol. The first-order chi connectivity index (χ1) is 5.88. The summed E-state index contributed by atoms with van der Waals surface area (Å²) >= 11 is 1.77. The van der Waals surface area contributed by atoms with Gasteiger partial charge in [0, 0.05) is 5.41 Å². The molecule has 0 aromatic carbocycles. The highest BCUT2D eigenvalue weighted by Gasteiger charge is 2.20. The molecule has 0 spiro atoms. The van der Waals surface area contributed by atoms with Crippen LogP contribution in [0.25, 0.3) is 0 Å². The van der Waals surface area contributed by atoms with Gasteiger partial charge < -0.3 is 0 Å². The van der Waals surface area contributed by atoms with E-state index in [0.717, 1.165) is 11.7 Å². The molecule has 1 unspecified atom stereocenters. The quantitative estimate of drug-likeness (QED) is 0.680. The maximum atomic E-state index is 11.5. The molecular formula is C11H22OS. The van der Waals surface area contributed by atoms with Gasteiger partial charge in [-0.2, -0.15) is 11.8 Å². The van der Waals surface area contributed by atoms with Gasteiger partial charge in [-0.3, -0.25) is 4.79 Å². The highest BCUT2D eigenvalue weighted by atomic mass is 32.2. The molecule has 2 heteroatoms. The van der Waals surface area contributed by atoms with Crippen LogP contribution in [0.5, 0.6) is 0 Å². The molecule has 0 rings (SSSR count). The molecule has 0 bridgehead atoms. The van der Waals surface area contributed by atoms with Crippen LogP contribution in [0.4, 0.5) is 0 Å². The third-order valence-electron chi connectivity index (χ3n) is 2.17. The van der Waals surface area contributed by atoms with Gasteiger partial charge in [0.25, 0.3) is 0 Å². The Kier molecular flexibility index (Phi) is 5.70. The fourth-order valence-corrected chi connectivity index (χ4v) is 2.06. The van der Waals surface area contributed by atoms with Crippen LogP contribution in [-0.4, -0.2) is 17.3 Å². The number of carbonyl (C=O) groups is 1. The molecule has 78 valence electrons. The minimum absolute atomic E-state index is 0.164. The Labute approximate surface area is 86.7 Å². The lowest BCUT2D eigenvalue weighted by molar-refractivity contribution is -0.123. The first-order valence-electron chi connectivity index (χ1n) is 4.99. The maximum Gasteiger partial charge on any atom is 0.148 e. The molecule has 0 fully saturated rings. The largest absolute Gasteiger partial charge is 0.298 e. The minimum atomic E-state index is -0.164. The summed E-state index contributed by atoms with van der Waals surface area (Å²) in [4.78, 5) is 11.5. The molecule has 0 N–H and O–H groups in total. The van der Waals surface area contributed by atoms with Crippen molar-refractivity contribution in [2.24, 2.45) is 11.3 Å². The summed E-state index contributed by atoms with van der Waals surface area (Å²) in [6.45, 7) is 10.4. The predicted octanol–water partition coefficient (Wildman–Crippen LogP) is 3.38. The average Bonchev–Trinajstić information content (AvgIpc) is 2.02. The van der Waals surface area contributed by atoms with E-state index in [1.165, 1.54) is 6.42 Å². The van der Waals surface area contributed by atoms with Gasteiger partial charge in [0.2, 0.25) is 0 Å². The molecule has 0 amide bonds. The third kappa shape index (κ3) is 6.14. The lowest BCUT2D eigenvalue weighted by Crippen LogP contribution is -2.22. The summed E-state index contributed by atoms with van der Waals surface area (Å²) in [6.07, 6.45) is 1.21. The van der Waals surface area contributed by atoms with E-state index >= 15 is 0 Å². The van der Waals surface area contributed by atoms with Crippen LogP contribution in [0.1, 0.15) is 41.0 Å². The third-order valence-corrected chi connectivity index (χ3v) is 3.44. The second-order valence-electron chi connectivity index (χ2n) is 4.70. The Balaban J connectivity index is 3.60. The predicted molar refractivity (Wildman–Crippen MR) is 61.2 cm³/mol. The number of hydrogen-bond donors (Lipinski definition) is 0. The SMILES string of the molecule is CCC(C)CSCC(=O)C(C)(C)C. The monoisotopic (exact) mass is 202 g/mol. The highest BCUT2D eigenvalue weighted by Crippen LogP contribution is 2.19. The summed E-state index contributed by atoms with van der Waals surface area (Å²) in [5.41, 5.74) is -0.164. The summed E-state index contributed by atoms with van der Waals surface area (Å²) in [5.74, 6) is 2.88. The maximum absolute atomic E-state index is 11.5. The van der Waals surface area contributed by atoms with Gasteiger partial charge in [-0.1, -0.05) is 41.0 Å². The zero-order valence-corrected chi connectivity index (χ0v) is 10.3. The van der Waals surface area contributed by atoms with Gasteiger partial charge in [-0.15, -0.1) is 0 Å². The van der Waals surface area contributed by atoms with Crippen LogP contribution >= 0.6 is 11.8 Å². The van der Waals surface area contributed by atoms with E-state index in [9.17, 15) is 4.79 Å². The van der Waals surface area contributed by atoms with Gasteiger partial charge in [0.1, 0.15) is 5.78 Å². The normalized spacial score (nSPS) is 14.2. The second kappa shape index (κ2) is 5.69. The van der Waals surface area contributed by atoms with E-state index < -0.39 is 0 Å². The van der Waals surface area contributed by atoms with Crippen LogP contribution in [-0.2, 0) is 4.79 Å². The summed E-state index contributed by atoms with van der Waals surface area (Å²) in [7, 11) is 0. The molecule has 0 aromatic heterocycles. The number of Topliss-reactive ketones (excluding diaryl/α,β-unsaturated/α-hetero) is 1. The van der Waals surface area contributed by atoms with Gasteiger partial charge in [-0.25, -0.2) is 0 Å². The van der Waals surface area contributed by atoms with Crippen molar-refractivity contribution in [3.63, 3.8) is 0 Å². The smallest absolute Gasteiger partial charge is 0.148 e. The van der Waals surface area contributed by atoms with Crippen molar-refractivity contribution in [2.75, 3.05) is 11.5 Å². The lowest BCUT2D eigenvalue weighted by Gasteiger charge is -2.16. The van der Waals surface area contributed by atoms with Crippen LogP contribution in [0.3, 0.4) is 0 Å². The highest BCUT2D eigenvalue weighted by molar-refractivity contribution is 7.99. The van der Waals surface area contributed by atoms with Crippen molar-refractivity contribution in [1.82, 2.24) is 0 Å². The molecular weight excluding hydrogens is 180 g/mol. The summed E-state index contributed by atoms with van der Waals surface area (Å²) < 4.78 is 0. The Morgan fingerprint density at radius 1 is 1.38 bits per heavy atom. The number of thioether (sulfide) groups is 1. The molecule has 0 aromatic rings. The van der Waals surface area contributed by atoms with Gasteiger partial charge in [-0.05, 0) is 11.7 Å². The molecule has 1 atom stereocenters. The molecule has 0 saturated heterocycles. The Morgan fingerprint density at radius 3 is 2.31 bits per heavy atom. The zero-order chi connectivity index (χ0) is 10.5. The van der Waals surface area contributed by atoms with Crippen LogP contribution < -0.4 is 0 Å². The van der Waals surface area contributed by atoms with E-state index in [-0.39, 0.29) is 5.41 Å². The van der Waals surface area contributed by atoms with Gasteiger partial charge in [0.05, 0.1) is 5.75 Å². The van der Waals surface area contributed by atoms with Crippen LogP contribution in [0.15, 0.2) is 0 Å². The molecule has 0 heterocycles. The molecule has 0 saturated carbocycles. The first-order valence-corrected chi connectivity index (χ1v) is 6.14. The summed E-state index contributed by atoms with van der Waals surface area (Å²) in [5, 5.41) is 0. The van der Waals surface area contributed by atoms with Crippen LogP contribution in [0, 0.1) is 11.3 Å². The molecule has 13 heavy (non-hydrogen) atoms.